The van der Waals surface area contributed by atoms with E-state index in [4.69, 9.17) is 0 Å². The minimum Gasteiger partial charge on any atom is -0.342 e. The van der Waals surface area contributed by atoms with Gasteiger partial charge in [0, 0.05) is 0 Å². The van der Waals surface area contributed by atoms with Crippen LogP contribution < -0.4 is 10.6 Å². The second-order valence-electron chi connectivity index (χ2n) is 6.22. The molecule has 0 spiro atoms. The van der Waals surface area contributed by atoms with Gasteiger partial charge in [0.15, 0.2) is 5.78 Å². The molecule has 0 unspecified atom stereocenters. The lowest BCUT2D eigenvalue weighted by atomic mass is 9.78. The van der Waals surface area contributed by atoms with Gasteiger partial charge in [0.05, 0.1) is 11.6 Å². The molecule has 0 aromatic heterocycles. The highest BCUT2D eigenvalue weighted by Gasteiger charge is 2.39. The van der Waals surface area contributed by atoms with E-state index in [2.05, 4.69) is 10.6 Å². The summed E-state index contributed by atoms with van der Waals surface area (Å²) in [4.78, 5) is 24.7. The Morgan fingerprint density at radius 1 is 1.14 bits per heavy atom. The van der Waals surface area contributed by atoms with E-state index < -0.39 is 5.54 Å². The van der Waals surface area contributed by atoms with E-state index in [1.807, 2.05) is 30.3 Å². The molecular weight excluding hydrogens is 276 g/mol. The van der Waals surface area contributed by atoms with Crippen LogP contribution in [0, 0.1) is 0 Å². The molecule has 1 aromatic rings. The van der Waals surface area contributed by atoms with E-state index >= 15 is 0 Å². The van der Waals surface area contributed by atoms with Gasteiger partial charge in [-0.1, -0.05) is 49.6 Å². The van der Waals surface area contributed by atoms with E-state index in [1.165, 1.54) is 0 Å². The Hall–Kier alpha value is -1.68. The Morgan fingerprint density at radius 3 is 2.32 bits per heavy atom. The van der Waals surface area contributed by atoms with Gasteiger partial charge < -0.3 is 10.6 Å². The molecule has 1 aromatic carbocycles. The third-order valence-corrected chi connectivity index (χ3v) is 4.69. The Morgan fingerprint density at radius 2 is 1.77 bits per heavy atom. The highest BCUT2D eigenvalue weighted by Crippen LogP contribution is 2.29. The van der Waals surface area contributed by atoms with Crippen LogP contribution in [0.1, 0.15) is 44.6 Å². The average Bonchev–Trinajstić information content (AvgIpc) is 2.54. The lowest BCUT2D eigenvalue weighted by Crippen LogP contribution is -2.59. The molecule has 1 amide bonds. The minimum atomic E-state index is -0.652. The van der Waals surface area contributed by atoms with Gasteiger partial charge in [0.1, 0.15) is 0 Å². The van der Waals surface area contributed by atoms with Crippen LogP contribution in [0.5, 0.6) is 0 Å². The van der Waals surface area contributed by atoms with Crippen LogP contribution in [0.3, 0.4) is 0 Å². The first kappa shape index (κ1) is 16.7. The molecule has 4 nitrogen and oxygen atoms in total. The van der Waals surface area contributed by atoms with Crippen molar-refractivity contribution in [2.75, 3.05) is 7.05 Å². The van der Waals surface area contributed by atoms with Gasteiger partial charge in [0.25, 0.3) is 0 Å². The van der Waals surface area contributed by atoms with Gasteiger partial charge >= 0.3 is 0 Å². The SMILES string of the molecule is CN[C@@H](Cc1ccccc1)C(=O)NC1(C(C)=O)CCCCC1. The van der Waals surface area contributed by atoms with Crippen molar-refractivity contribution in [3.05, 3.63) is 35.9 Å². The minimum absolute atomic E-state index is 0.0788. The fourth-order valence-electron chi connectivity index (χ4n) is 3.22. The molecule has 1 aliphatic carbocycles. The molecule has 0 heterocycles. The van der Waals surface area contributed by atoms with Crippen LogP contribution in [-0.2, 0) is 16.0 Å². The van der Waals surface area contributed by atoms with Crippen LogP contribution in [-0.4, -0.2) is 30.3 Å². The van der Waals surface area contributed by atoms with Crippen LogP contribution >= 0.6 is 0 Å². The third kappa shape index (κ3) is 3.95. The van der Waals surface area contributed by atoms with Gasteiger partial charge in [0.2, 0.25) is 5.91 Å². The zero-order valence-corrected chi connectivity index (χ0v) is 13.5. The number of carbonyl (C=O) groups excluding carboxylic acids is 2. The number of likely N-dealkylation sites (N-methyl/N-ethyl adjacent to an activating group) is 1. The zero-order valence-electron chi connectivity index (χ0n) is 13.5. The Kier molecular flexibility index (Phi) is 5.72. The van der Waals surface area contributed by atoms with Crippen LogP contribution in [0.15, 0.2) is 30.3 Å². The van der Waals surface area contributed by atoms with Gasteiger partial charge in [-0.05, 0) is 38.8 Å². The number of hydrogen-bond donors (Lipinski definition) is 2. The van der Waals surface area contributed by atoms with Crippen molar-refractivity contribution in [1.82, 2.24) is 10.6 Å². The maximum Gasteiger partial charge on any atom is 0.238 e. The van der Waals surface area contributed by atoms with Crippen LogP contribution in [0.2, 0.25) is 0 Å². The summed E-state index contributed by atoms with van der Waals surface area (Å²) < 4.78 is 0. The summed E-state index contributed by atoms with van der Waals surface area (Å²) in [6.45, 7) is 1.59. The van der Waals surface area contributed by atoms with Crippen molar-refractivity contribution in [3.63, 3.8) is 0 Å². The second-order valence-corrected chi connectivity index (χ2v) is 6.22. The smallest absolute Gasteiger partial charge is 0.238 e. The van der Waals surface area contributed by atoms with Crippen molar-refractivity contribution in [2.45, 2.75) is 57.0 Å². The Labute approximate surface area is 132 Å². The zero-order chi connectivity index (χ0) is 16.0. The number of rotatable bonds is 6. The van der Waals surface area contributed by atoms with Crippen molar-refractivity contribution >= 4 is 11.7 Å². The molecule has 2 rings (SSSR count). The number of ketones is 1. The molecule has 1 saturated carbocycles. The molecule has 120 valence electrons. The quantitative estimate of drug-likeness (QED) is 0.847. The summed E-state index contributed by atoms with van der Waals surface area (Å²) in [6, 6.07) is 9.61. The molecular formula is C18H26N2O2. The van der Waals surface area contributed by atoms with E-state index in [-0.39, 0.29) is 17.7 Å². The summed E-state index contributed by atoms with van der Waals surface area (Å²) in [5.74, 6) is -0.00133. The predicted molar refractivity (Wildman–Crippen MR) is 87.6 cm³/mol. The largest absolute Gasteiger partial charge is 0.342 e. The average molecular weight is 302 g/mol. The fourth-order valence-corrected chi connectivity index (χ4v) is 3.22. The van der Waals surface area contributed by atoms with E-state index in [0.29, 0.717) is 6.42 Å². The van der Waals surface area contributed by atoms with E-state index in [1.54, 1.807) is 14.0 Å². The topological polar surface area (TPSA) is 58.2 Å². The second kappa shape index (κ2) is 7.54. The normalized spacial score (nSPS) is 18.5. The highest BCUT2D eigenvalue weighted by atomic mass is 16.2. The maximum atomic E-state index is 12.6. The van der Waals surface area contributed by atoms with Gasteiger partial charge in [-0.3, -0.25) is 9.59 Å². The molecule has 0 radical (unpaired) electrons. The van der Waals surface area contributed by atoms with Crippen molar-refractivity contribution in [2.24, 2.45) is 0 Å². The monoisotopic (exact) mass is 302 g/mol. The molecule has 0 saturated heterocycles. The first-order valence-electron chi connectivity index (χ1n) is 8.12. The molecule has 4 heteroatoms. The predicted octanol–water partition coefficient (Wildman–Crippen LogP) is 2.23. The Bertz CT molecular complexity index is 507. The number of nitrogens with one attached hydrogen (secondary N) is 2. The number of hydrogen-bond acceptors (Lipinski definition) is 3. The molecule has 22 heavy (non-hydrogen) atoms. The van der Waals surface area contributed by atoms with Crippen molar-refractivity contribution in [1.29, 1.82) is 0 Å². The highest BCUT2D eigenvalue weighted by molar-refractivity contribution is 5.93. The number of carbonyl (C=O) groups is 2. The summed E-state index contributed by atoms with van der Waals surface area (Å²) in [6.07, 6.45) is 5.29. The summed E-state index contributed by atoms with van der Waals surface area (Å²) >= 11 is 0. The Balaban J connectivity index is 2.06. The summed E-state index contributed by atoms with van der Waals surface area (Å²) in [5, 5.41) is 6.12. The van der Waals surface area contributed by atoms with Crippen molar-refractivity contribution < 1.29 is 9.59 Å². The van der Waals surface area contributed by atoms with Gasteiger partial charge in [-0.25, -0.2) is 0 Å². The van der Waals surface area contributed by atoms with Crippen LogP contribution in [0.25, 0.3) is 0 Å². The van der Waals surface area contributed by atoms with Crippen molar-refractivity contribution in [3.8, 4) is 0 Å². The lowest BCUT2D eigenvalue weighted by Gasteiger charge is -2.37. The summed E-state index contributed by atoms with van der Waals surface area (Å²) in [7, 11) is 1.79. The maximum absolute atomic E-state index is 12.6. The first-order chi connectivity index (χ1) is 10.6. The first-order valence-corrected chi connectivity index (χ1v) is 8.12. The number of Topliss-reactive ketones (excluding diaryl/α,β-unsaturated/α-hetero) is 1. The molecule has 1 aliphatic rings. The molecule has 2 N–H and O–H groups in total. The van der Waals surface area contributed by atoms with Crippen LogP contribution in [0.4, 0.5) is 0 Å². The molecule has 1 atom stereocenters. The number of amides is 1. The van der Waals surface area contributed by atoms with E-state index in [9.17, 15) is 9.59 Å². The summed E-state index contributed by atoms with van der Waals surface area (Å²) in [5.41, 5.74) is 0.457. The standard InChI is InChI=1S/C18H26N2O2/c1-14(21)18(11-7-4-8-12-18)20-17(22)16(19-2)13-15-9-5-3-6-10-15/h3,5-6,9-10,16,19H,4,7-8,11-13H2,1-2H3,(H,20,22)/t16-/m0/s1. The fraction of sp³-hybridized carbons (Fsp3) is 0.556. The molecule has 0 aliphatic heterocycles. The van der Waals surface area contributed by atoms with Gasteiger partial charge in [-0.15, -0.1) is 0 Å². The van der Waals surface area contributed by atoms with Gasteiger partial charge in [-0.2, -0.15) is 0 Å². The molecule has 1 fully saturated rings. The third-order valence-electron chi connectivity index (χ3n) is 4.69. The number of benzene rings is 1. The molecule has 0 bridgehead atoms. The van der Waals surface area contributed by atoms with E-state index in [0.717, 1.165) is 37.7 Å². The lowest BCUT2D eigenvalue weighted by molar-refractivity contribution is -0.133.